The number of carboxylic acids is 1. The SMILES string of the molecule is Cc1sc2c(c1C)C(c1ccc(Nc3ccccc3)cc1)=N[C@@H](C(C)C(=O)O)c1nnc(C)n1-2. The molecule has 1 aliphatic rings. The zero-order valence-electron chi connectivity index (χ0n) is 19.4. The first-order valence-corrected chi connectivity index (χ1v) is 11.9. The fraction of sp³-hybridized carbons (Fsp3) is 0.231. The molecule has 2 aromatic heterocycles. The molecule has 0 bridgehead atoms. The molecular weight excluding hydrogens is 446 g/mol. The highest BCUT2D eigenvalue weighted by Crippen LogP contribution is 2.40. The lowest BCUT2D eigenvalue weighted by Gasteiger charge is -2.16. The van der Waals surface area contributed by atoms with Crippen molar-refractivity contribution in [1.29, 1.82) is 0 Å². The van der Waals surface area contributed by atoms with Gasteiger partial charge < -0.3 is 10.4 Å². The molecule has 8 heteroatoms. The predicted molar refractivity (Wildman–Crippen MR) is 135 cm³/mol. The van der Waals surface area contributed by atoms with Gasteiger partial charge in [-0.2, -0.15) is 0 Å². The summed E-state index contributed by atoms with van der Waals surface area (Å²) in [6.45, 7) is 7.75. The van der Waals surface area contributed by atoms with Crippen molar-refractivity contribution in [2.45, 2.75) is 33.7 Å². The third kappa shape index (κ3) is 3.70. The van der Waals surface area contributed by atoms with Crippen molar-refractivity contribution in [3.8, 4) is 5.00 Å². The van der Waals surface area contributed by atoms with Crippen molar-refractivity contribution in [3.63, 3.8) is 0 Å². The fourth-order valence-electron chi connectivity index (χ4n) is 4.22. The Morgan fingerprint density at radius 1 is 1.03 bits per heavy atom. The molecule has 5 rings (SSSR count). The summed E-state index contributed by atoms with van der Waals surface area (Å²) in [6.07, 6.45) is 0. The molecule has 2 N–H and O–H groups in total. The summed E-state index contributed by atoms with van der Waals surface area (Å²) < 4.78 is 1.98. The molecule has 0 saturated carbocycles. The molecule has 2 atom stereocenters. The van der Waals surface area contributed by atoms with Gasteiger partial charge in [-0.15, -0.1) is 21.5 Å². The summed E-state index contributed by atoms with van der Waals surface area (Å²) in [7, 11) is 0. The van der Waals surface area contributed by atoms with Gasteiger partial charge >= 0.3 is 5.97 Å². The zero-order valence-corrected chi connectivity index (χ0v) is 20.2. The second-order valence-corrected chi connectivity index (χ2v) is 9.73. The molecule has 1 unspecified atom stereocenters. The number of rotatable bonds is 5. The largest absolute Gasteiger partial charge is 0.481 e. The number of carbonyl (C=O) groups is 1. The normalized spacial score (nSPS) is 15.6. The number of thiophene rings is 1. The summed E-state index contributed by atoms with van der Waals surface area (Å²) >= 11 is 1.66. The minimum Gasteiger partial charge on any atom is -0.481 e. The Morgan fingerprint density at radius 3 is 2.38 bits per heavy atom. The topological polar surface area (TPSA) is 92.4 Å². The van der Waals surface area contributed by atoms with E-state index in [1.54, 1.807) is 18.3 Å². The molecule has 0 spiro atoms. The molecule has 3 heterocycles. The van der Waals surface area contributed by atoms with Crippen molar-refractivity contribution >= 4 is 34.4 Å². The number of benzene rings is 2. The van der Waals surface area contributed by atoms with Gasteiger partial charge in [0.05, 0.1) is 11.6 Å². The van der Waals surface area contributed by atoms with Crippen LogP contribution in [-0.2, 0) is 4.79 Å². The minimum atomic E-state index is -0.916. The van der Waals surface area contributed by atoms with E-state index in [0.717, 1.165) is 44.6 Å². The third-order valence-corrected chi connectivity index (χ3v) is 7.47. The highest BCUT2D eigenvalue weighted by molar-refractivity contribution is 7.15. The molecule has 0 saturated heterocycles. The predicted octanol–water partition coefficient (Wildman–Crippen LogP) is 5.61. The molecule has 0 radical (unpaired) electrons. The van der Waals surface area contributed by atoms with Crippen LogP contribution in [0.15, 0.2) is 59.6 Å². The van der Waals surface area contributed by atoms with Crippen molar-refractivity contribution in [1.82, 2.24) is 14.8 Å². The van der Waals surface area contributed by atoms with E-state index < -0.39 is 17.9 Å². The van der Waals surface area contributed by atoms with Gasteiger partial charge in [0, 0.05) is 27.4 Å². The van der Waals surface area contributed by atoms with Gasteiger partial charge in [-0.3, -0.25) is 14.4 Å². The monoisotopic (exact) mass is 471 g/mol. The maximum absolute atomic E-state index is 12.0. The van der Waals surface area contributed by atoms with E-state index in [0.29, 0.717) is 5.82 Å². The second-order valence-electron chi connectivity index (χ2n) is 8.52. The number of para-hydroxylation sites is 1. The Hall–Kier alpha value is -3.78. The molecule has 4 aromatic rings. The van der Waals surface area contributed by atoms with Gasteiger partial charge in [0.2, 0.25) is 0 Å². The van der Waals surface area contributed by atoms with Gasteiger partial charge in [0.15, 0.2) is 5.82 Å². The summed E-state index contributed by atoms with van der Waals surface area (Å²) in [4.78, 5) is 18.2. The Bertz CT molecular complexity index is 1400. The standard InChI is InChI=1S/C26H25N5O2S/c1-14-16(3)34-25-21(14)23(18-10-12-20(13-11-18)27-19-8-6-5-7-9-19)28-22(15(2)26(32)33)24-30-29-17(4)31(24)25/h5-13,15,22,27H,1-4H3,(H,32,33)/t15?,22-/m0/s1. The van der Waals surface area contributed by atoms with Crippen molar-refractivity contribution in [2.24, 2.45) is 10.9 Å². The van der Waals surface area contributed by atoms with E-state index in [-0.39, 0.29) is 0 Å². The number of aliphatic imine (C=N–C) groups is 1. The third-order valence-electron chi connectivity index (χ3n) is 6.27. The van der Waals surface area contributed by atoms with Gasteiger partial charge in [0.1, 0.15) is 16.9 Å². The molecule has 0 fully saturated rings. The highest BCUT2D eigenvalue weighted by atomic mass is 32.1. The lowest BCUT2D eigenvalue weighted by Crippen LogP contribution is -2.21. The van der Waals surface area contributed by atoms with Gasteiger partial charge in [-0.1, -0.05) is 30.3 Å². The van der Waals surface area contributed by atoms with Gasteiger partial charge in [-0.05, 0) is 57.5 Å². The number of carboxylic acid groups (broad SMARTS) is 1. The van der Waals surface area contributed by atoms with Crippen LogP contribution in [0.3, 0.4) is 0 Å². The van der Waals surface area contributed by atoms with Crippen LogP contribution in [0.5, 0.6) is 0 Å². The number of aliphatic carboxylic acids is 1. The molecular formula is C26H25N5O2S. The number of fused-ring (bicyclic) bond motifs is 3. The maximum Gasteiger partial charge on any atom is 0.308 e. The van der Waals surface area contributed by atoms with E-state index in [1.165, 1.54) is 4.88 Å². The molecule has 0 aliphatic carbocycles. The van der Waals surface area contributed by atoms with Gasteiger partial charge in [-0.25, -0.2) is 0 Å². The molecule has 0 amide bonds. The molecule has 34 heavy (non-hydrogen) atoms. The van der Waals surface area contributed by atoms with Crippen LogP contribution < -0.4 is 5.32 Å². The Kier molecular flexibility index (Phi) is 5.53. The average Bonchev–Trinajstić information content (AvgIpc) is 3.29. The quantitative estimate of drug-likeness (QED) is 0.395. The van der Waals surface area contributed by atoms with Gasteiger partial charge in [0.25, 0.3) is 0 Å². The van der Waals surface area contributed by atoms with E-state index in [1.807, 2.05) is 66.1 Å². The van der Waals surface area contributed by atoms with Crippen LogP contribution in [0, 0.1) is 26.7 Å². The Labute approximate surface area is 201 Å². The second kappa shape index (κ2) is 8.53. The van der Waals surface area contributed by atoms with Crippen LogP contribution in [0.1, 0.15) is 46.2 Å². The number of hydrogen-bond acceptors (Lipinski definition) is 6. The van der Waals surface area contributed by atoms with Crippen LogP contribution in [-0.4, -0.2) is 31.6 Å². The highest BCUT2D eigenvalue weighted by Gasteiger charge is 2.36. The summed E-state index contributed by atoms with van der Waals surface area (Å²) in [5.74, 6) is -0.390. The molecule has 2 aromatic carbocycles. The first-order valence-electron chi connectivity index (χ1n) is 11.1. The fourth-order valence-corrected chi connectivity index (χ4v) is 5.43. The van der Waals surface area contributed by atoms with E-state index in [4.69, 9.17) is 4.99 Å². The van der Waals surface area contributed by atoms with Crippen LogP contribution in [0.25, 0.3) is 5.00 Å². The van der Waals surface area contributed by atoms with Crippen LogP contribution >= 0.6 is 11.3 Å². The van der Waals surface area contributed by atoms with Crippen molar-refractivity contribution in [3.05, 3.63) is 87.8 Å². The summed E-state index contributed by atoms with van der Waals surface area (Å²) in [5.41, 5.74) is 5.83. The minimum absolute atomic E-state index is 0.562. The number of aryl methyl sites for hydroxylation is 2. The van der Waals surface area contributed by atoms with E-state index in [9.17, 15) is 9.90 Å². The molecule has 7 nitrogen and oxygen atoms in total. The summed E-state index contributed by atoms with van der Waals surface area (Å²) in [5, 5.41) is 22.8. The van der Waals surface area contributed by atoms with Crippen molar-refractivity contribution in [2.75, 3.05) is 5.32 Å². The van der Waals surface area contributed by atoms with E-state index >= 15 is 0 Å². The maximum atomic E-state index is 12.0. The van der Waals surface area contributed by atoms with Crippen LogP contribution in [0.4, 0.5) is 11.4 Å². The smallest absolute Gasteiger partial charge is 0.308 e. The number of aromatic nitrogens is 3. The Balaban J connectivity index is 1.65. The van der Waals surface area contributed by atoms with Crippen LogP contribution in [0.2, 0.25) is 0 Å². The number of anilines is 2. The molecule has 172 valence electrons. The lowest BCUT2D eigenvalue weighted by molar-refractivity contribution is -0.141. The average molecular weight is 472 g/mol. The first-order chi connectivity index (χ1) is 16.3. The summed E-state index contributed by atoms with van der Waals surface area (Å²) in [6, 6.07) is 17.4. The Morgan fingerprint density at radius 2 is 1.71 bits per heavy atom. The number of nitrogens with one attached hydrogen (secondary N) is 1. The first kappa shape index (κ1) is 22.0. The van der Waals surface area contributed by atoms with E-state index in [2.05, 4.69) is 29.4 Å². The lowest BCUT2D eigenvalue weighted by atomic mass is 9.98. The van der Waals surface area contributed by atoms with Crippen molar-refractivity contribution < 1.29 is 9.90 Å². The molecule has 1 aliphatic heterocycles. The zero-order chi connectivity index (χ0) is 24.0. The number of hydrogen-bond donors (Lipinski definition) is 2. The number of nitrogens with zero attached hydrogens (tertiary/aromatic N) is 4.